The van der Waals surface area contributed by atoms with Crippen LogP contribution in [-0.2, 0) is 9.53 Å². The Kier molecular flexibility index (Phi) is 5.57. The Bertz CT molecular complexity index is 726. The van der Waals surface area contributed by atoms with E-state index >= 15 is 0 Å². The van der Waals surface area contributed by atoms with Crippen molar-refractivity contribution in [1.29, 1.82) is 0 Å². The summed E-state index contributed by atoms with van der Waals surface area (Å²) in [5.41, 5.74) is 0.575. The fourth-order valence-corrected chi connectivity index (χ4v) is 2.25. The molecule has 0 spiro atoms. The second-order valence-electron chi connectivity index (χ2n) is 4.66. The number of ether oxygens (including phenoxy) is 1. The standard InChI is InChI=1S/C15H13Cl3N2O3/c1-9(21)23-13(15(16,17)18)20-14(22)19-12-8-4-6-10-5-2-3-7-11(10)12/h2-8,13H,1H3,(H2,19,20,22)/t13-/m0/s1. The third-order valence-corrected chi connectivity index (χ3v) is 3.48. The fourth-order valence-electron chi connectivity index (χ4n) is 1.96. The maximum absolute atomic E-state index is 12.1. The van der Waals surface area contributed by atoms with Crippen molar-refractivity contribution in [3.05, 3.63) is 42.5 Å². The van der Waals surface area contributed by atoms with Gasteiger partial charge in [-0.25, -0.2) is 4.79 Å². The Morgan fingerprint density at radius 3 is 2.39 bits per heavy atom. The summed E-state index contributed by atoms with van der Waals surface area (Å²) in [5, 5.41) is 6.77. The molecule has 0 saturated carbocycles. The van der Waals surface area contributed by atoms with Gasteiger partial charge in [-0.1, -0.05) is 71.2 Å². The number of anilines is 1. The average molecular weight is 376 g/mol. The first kappa shape index (κ1) is 17.7. The van der Waals surface area contributed by atoms with E-state index in [-0.39, 0.29) is 0 Å². The molecule has 0 aliphatic rings. The van der Waals surface area contributed by atoms with E-state index in [2.05, 4.69) is 10.6 Å². The molecule has 2 amide bonds. The minimum absolute atomic E-state index is 0.575. The van der Waals surface area contributed by atoms with Crippen molar-refractivity contribution in [3.8, 4) is 0 Å². The van der Waals surface area contributed by atoms with Gasteiger partial charge in [0, 0.05) is 12.3 Å². The lowest BCUT2D eigenvalue weighted by atomic mass is 10.1. The van der Waals surface area contributed by atoms with Gasteiger partial charge in [-0.2, -0.15) is 0 Å². The average Bonchev–Trinajstić information content (AvgIpc) is 2.45. The van der Waals surface area contributed by atoms with Crippen LogP contribution in [0.15, 0.2) is 42.5 Å². The molecule has 122 valence electrons. The van der Waals surface area contributed by atoms with Crippen molar-refractivity contribution in [1.82, 2.24) is 5.32 Å². The summed E-state index contributed by atoms with van der Waals surface area (Å²) in [6, 6.07) is 12.3. The highest BCUT2D eigenvalue weighted by atomic mass is 35.6. The Morgan fingerprint density at radius 2 is 1.74 bits per heavy atom. The van der Waals surface area contributed by atoms with Crippen LogP contribution in [0.5, 0.6) is 0 Å². The minimum Gasteiger partial charge on any atom is -0.437 e. The molecule has 0 aliphatic carbocycles. The van der Waals surface area contributed by atoms with Crippen LogP contribution in [0.4, 0.5) is 10.5 Å². The van der Waals surface area contributed by atoms with Gasteiger partial charge < -0.3 is 10.1 Å². The molecule has 2 aromatic rings. The van der Waals surface area contributed by atoms with Crippen LogP contribution in [0.25, 0.3) is 10.8 Å². The third-order valence-electron chi connectivity index (χ3n) is 2.88. The molecule has 0 fully saturated rings. The first-order chi connectivity index (χ1) is 10.8. The minimum atomic E-state index is -2.00. The lowest BCUT2D eigenvalue weighted by Crippen LogP contribution is -2.48. The number of hydrogen-bond donors (Lipinski definition) is 2. The monoisotopic (exact) mass is 374 g/mol. The van der Waals surface area contributed by atoms with E-state index in [4.69, 9.17) is 39.5 Å². The van der Waals surface area contributed by atoms with Crippen LogP contribution in [0.1, 0.15) is 6.92 Å². The second kappa shape index (κ2) is 7.25. The van der Waals surface area contributed by atoms with Gasteiger partial charge in [0.05, 0.1) is 5.69 Å². The Hall–Kier alpha value is -1.69. The van der Waals surface area contributed by atoms with Gasteiger partial charge in [-0.15, -0.1) is 0 Å². The number of nitrogens with one attached hydrogen (secondary N) is 2. The number of carbonyl (C=O) groups is 2. The summed E-state index contributed by atoms with van der Waals surface area (Å²) in [5.74, 6) is -0.688. The van der Waals surface area contributed by atoms with Crippen LogP contribution in [0.2, 0.25) is 0 Å². The number of rotatable bonds is 3. The molecule has 5 nitrogen and oxygen atoms in total. The van der Waals surface area contributed by atoms with Crippen molar-refractivity contribution in [3.63, 3.8) is 0 Å². The molecule has 0 heterocycles. The van der Waals surface area contributed by atoms with Crippen molar-refractivity contribution in [2.24, 2.45) is 0 Å². The highest BCUT2D eigenvalue weighted by Crippen LogP contribution is 2.31. The first-order valence-corrected chi connectivity index (χ1v) is 7.70. The van der Waals surface area contributed by atoms with E-state index in [0.717, 1.165) is 17.7 Å². The van der Waals surface area contributed by atoms with Gasteiger partial charge in [0.25, 0.3) is 0 Å². The van der Waals surface area contributed by atoms with Gasteiger partial charge in [-0.3, -0.25) is 10.1 Å². The molecule has 0 aliphatic heterocycles. The molecule has 2 aromatic carbocycles. The number of benzene rings is 2. The SMILES string of the molecule is CC(=O)O[C@H](NC(=O)Nc1cccc2ccccc12)C(Cl)(Cl)Cl. The van der Waals surface area contributed by atoms with Crippen LogP contribution < -0.4 is 10.6 Å². The maximum atomic E-state index is 12.1. The normalized spacial score (nSPS) is 12.5. The van der Waals surface area contributed by atoms with Crippen LogP contribution >= 0.6 is 34.8 Å². The Balaban J connectivity index is 2.15. The van der Waals surface area contributed by atoms with Crippen LogP contribution in [0.3, 0.4) is 0 Å². The molecule has 2 N–H and O–H groups in total. The molecule has 0 bridgehead atoms. The fraction of sp³-hybridized carbons (Fsp3) is 0.200. The van der Waals surface area contributed by atoms with Gasteiger partial charge in [-0.05, 0) is 11.5 Å². The molecular weight excluding hydrogens is 363 g/mol. The van der Waals surface area contributed by atoms with Gasteiger partial charge in [0.2, 0.25) is 10.0 Å². The zero-order valence-corrected chi connectivity index (χ0v) is 14.2. The molecule has 0 aromatic heterocycles. The molecular formula is C15H13Cl3N2O3. The largest absolute Gasteiger partial charge is 0.437 e. The summed E-state index contributed by atoms with van der Waals surface area (Å²) in [6.07, 6.45) is -1.42. The lowest BCUT2D eigenvalue weighted by molar-refractivity contribution is -0.146. The van der Waals surface area contributed by atoms with E-state index in [9.17, 15) is 9.59 Å². The van der Waals surface area contributed by atoms with Gasteiger partial charge in [0.15, 0.2) is 0 Å². The van der Waals surface area contributed by atoms with E-state index in [1.807, 2.05) is 30.3 Å². The maximum Gasteiger partial charge on any atom is 0.322 e. The third kappa shape index (κ3) is 4.89. The van der Waals surface area contributed by atoms with Crippen LogP contribution in [-0.4, -0.2) is 22.0 Å². The van der Waals surface area contributed by atoms with E-state index in [0.29, 0.717) is 5.69 Å². The quantitative estimate of drug-likeness (QED) is 0.479. The molecule has 0 saturated heterocycles. The number of amides is 2. The summed E-state index contributed by atoms with van der Waals surface area (Å²) < 4.78 is 2.81. The predicted molar refractivity (Wildman–Crippen MR) is 91.9 cm³/mol. The van der Waals surface area contributed by atoms with E-state index in [1.54, 1.807) is 12.1 Å². The number of halogens is 3. The number of carbonyl (C=O) groups excluding carboxylic acids is 2. The number of esters is 1. The van der Waals surface area contributed by atoms with Crippen molar-refractivity contribution < 1.29 is 14.3 Å². The van der Waals surface area contributed by atoms with E-state index in [1.165, 1.54) is 0 Å². The number of alkyl halides is 3. The summed E-state index contributed by atoms with van der Waals surface area (Å²) in [6.45, 7) is 1.15. The molecule has 8 heteroatoms. The zero-order chi connectivity index (χ0) is 17.0. The molecule has 0 unspecified atom stereocenters. The topological polar surface area (TPSA) is 67.4 Å². The van der Waals surface area contributed by atoms with Crippen molar-refractivity contribution in [2.75, 3.05) is 5.32 Å². The van der Waals surface area contributed by atoms with Crippen LogP contribution in [0, 0.1) is 0 Å². The highest BCUT2D eigenvalue weighted by Gasteiger charge is 2.36. The Labute approximate surface area is 147 Å². The second-order valence-corrected chi connectivity index (χ2v) is 7.03. The lowest BCUT2D eigenvalue weighted by Gasteiger charge is -2.24. The van der Waals surface area contributed by atoms with E-state index < -0.39 is 22.0 Å². The molecule has 0 radical (unpaired) electrons. The summed E-state index contributed by atoms with van der Waals surface area (Å²) >= 11 is 17.1. The van der Waals surface area contributed by atoms with Crippen molar-refractivity contribution in [2.45, 2.75) is 16.9 Å². The van der Waals surface area contributed by atoms with Crippen molar-refractivity contribution >= 4 is 63.3 Å². The summed E-state index contributed by atoms with van der Waals surface area (Å²) in [4.78, 5) is 23.2. The number of fused-ring (bicyclic) bond motifs is 1. The number of hydrogen-bond acceptors (Lipinski definition) is 3. The number of urea groups is 1. The zero-order valence-electron chi connectivity index (χ0n) is 12.0. The molecule has 1 atom stereocenters. The highest BCUT2D eigenvalue weighted by molar-refractivity contribution is 6.68. The smallest absolute Gasteiger partial charge is 0.322 e. The molecule has 23 heavy (non-hydrogen) atoms. The van der Waals surface area contributed by atoms with Gasteiger partial charge in [0.1, 0.15) is 0 Å². The van der Waals surface area contributed by atoms with Gasteiger partial charge >= 0.3 is 12.0 Å². The first-order valence-electron chi connectivity index (χ1n) is 6.56. The predicted octanol–water partition coefficient (Wildman–Crippen LogP) is 4.22. The summed E-state index contributed by atoms with van der Waals surface area (Å²) in [7, 11) is 0. The Morgan fingerprint density at radius 1 is 1.09 bits per heavy atom. The molecule has 2 rings (SSSR count).